The number of carbonyl (C=O) groups is 3. The van der Waals surface area contributed by atoms with Gasteiger partial charge in [0.25, 0.3) is 0 Å². The molecule has 1 aromatic carbocycles. The summed E-state index contributed by atoms with van der Waals surface area (Å²) < 4.78 is 15.5. The number of amides is 2. The van der Waals surface area contributed by atoms with Crippen LogP contribution in [0.4, 0.5) is 9.59 Å². The van der Waals surface area contributed by atoms with Crippen LogP contribution in [0.2, 0.25) is 0 Å². The van der Waals surface area contributed by atoms with Gasteiger partial charge in [-0.25, -0.2) is 9.59 Å². The molecule has 0 aliphatic heterocycles. The highest BCUT2D eigenvalue weighted by Crippen LogP contribution is 2.10. The van der Waals surface area contributed by atoms with Gasteiger partial charge >= 0.3 is 18.2 Å². The van der Waals surface area contributed by atoms with Gasteiger partial charge in [-0.3, -0.25) is 4.79 Å². The number of carbonyl (C=O) groups excluding carboxylic acids is 3. The zero-order valence-corrected chi connectivity index (χ0v) is 17.3. The number of nitrogens with one attached hydrogen (secondary N) is 2. The first kappa shape index (κ1) is 23.3. The van der Waals surface area contributed by atoms with Crippen molar-refractivity contribution in [2.75, 3.05) is 0 Å². The van der Waals surface area contributed by atoms with Crippen LogP contribution in [0.3, 0.4) is 0 Å². The lowest BCUT2D eigenvalue weighted by atomic mass is 10.2. The summed E-state index contributed by atoms with van der Waals surface area (Å²) >= 11 is 0. The minimum Gasteiger partial charge on any atom is -0.460 e. The van der Waals surface area contributed by atoms with E-state index in [1.165, 1.54) is 0 Å². The van der Waals surface area contributed by atoms with E-state index in [2.05, 4.69) is 10.6 Å². The second-order valence-electron chi connectivity index (χ2n) is 8.20. The molecule has 0 fully saturated rings. The van der Waals surface area contributed by atoms with Gasteiger partial charge in [-0.15, -0.1) is 0 Å². The number of rotatable bonds is 6. The molecule has 8 heteroatoms. The van der Waals surface area contributed by atoms with Crippen LogP contribution in [0.5, 0.6) is 0 Å². The number of benzene rings is 1. The van der Waals surface area contributed by atoms with Gasteiger partial charge in [-0.2, -0.15) is 0 Å². The Balaban J connectivity index is 2.68. The third-order valence-electron chi connectivity index (χ3n) is 2.99. The monoisotopic (exact) mass is 394 g/mol. The Morgan fingerprint density at radius 3 is 1.93 bits per heavy atom. The molecule has 0 saturated heterocycles. The van der Waals surface area contributed by atoms with Gasteiger partial charge in [0.15, 0.2) is 0 Å². The molecule has 0 aliphatic rings. The summed E-state index contributed by atoms with van der Waals surface area (Å²) in [6.45, 7) is 10.3. The van der Waals surface area contributed by atoms with Crippen molar-refractivity contribution >= 4 is 18.2 Å². The Kier molecular flexibility index (Phi) is 8.28. The van der Waals surface area contributed by atoms with Crippen LogP contribution < -0.4 is 10.6 Å². The molecule has 1 unspecified atom stereocenters. The fourth-order valence-electron chi connectivity index (χ4n) is 2.04. The second-order valence-corrected chi connectivity index (χ2v) is 8.20. The molecule has 0 saturated carbocycles. The topological polar surface area (TPSA) is 103 Å². The molecule has 1 rings (SSSR count). The highest BCUT2D eigenvalue weighted by Gasteiger charge is 2.25. The van der Waals surface area contributed by atoms with Crippen LogP contribution in [0.25, 0.3) is 0 Å². The predicted octanol–water partition coefficient (Wildman–Crippen LogP) is 3.50. The van der Waals surface area contributed by atoms with Gasteiger partial charge in [0.2, 0.25) is 0 Å². The molecule has 1 aromatic rings. The number of hydrogen-bond donors (Lipinski definition) is 2. The van der Waals surface area contributed by atoms with Crippen LogP contribution in [0, 0.1) is 0 Å². The van der Waals surface area contributed by atoms with Gasteiger partial charge in [-0.1, -0.05) is 30.3 Å². The summed E-state index contributed by atoms with van der Waals surface area (Å²) in [5.74, 6) is -0.586. The van der Waals surface area contributed by atoms with Crippen LogP contribution in [0.15, 0.2) is 30.3 Å². The van der Waals surface area contributed by atoms with E-state index < -0.39 is 35.5 Å². The van der Waals surface area contributed by atoms with Crippen molar-refractivity contribution in [3.63, 3.8) is 0 Å². The maximum absolute atomic E-state index is 12.1. The number of hydrogen-bond acceptors (Lipinski definition) is 6. The quantitative estimate of drug-likeness (QED) is 0.435. The van der Waals surface area contributed by atoms with E-state index in [9.17, 15) is 14.4 Å². The van der Waals surface area contributed by atoms with Crippen molar-refractivity contribution in [2.24, 2.45) is 0 Å². The largest absolute Gasteiger partial charge is 0.460 e. The molecule has 0 aromatic heterocycles. The molecule has 0 radical (unpaired) electrons. The fraction of sp³-hybridized carbons (Fsp3) is 0.550. The molecular weight excluding hydrogens is 364 g/mol. The van der Waals surface area contributed by atoms with Crippen molar-refractivity contribution in [2.45, 2.75) is 71.9 Å². The molecule has 8 nitrogen and oxygen atoms in total. The zero-order valence-electron chi connectivity index (χ0n) is 17.3. The Bertz CT molecular complexity index is 632. The summed E-state index contributed by atoms with van der Waals surface area (Å²) in [6, 6.07) is 9.12. The van der Waals surface area contributed by atoms with Gasteiger partial charge in [-0.05, 0) is 47.1 Å². The highest BCUT2D eigenvalue weighted by atomic mass is 16.6. The highest BCUT2D eigenvalue weighted by molar-refractivity contribution is 5.75. The van der Waals surface area contributed by atoms with Crippen molar-refractivity contribution in [1.82, 2.24) is 10.6 Å². The number of esters is 1. The minimum atomic E-state index is -1.05. The molecule has 1 atom stereocenters. The summed E-state index contributed by atoms with van der Waals surface area (Å²) in [5.41, 5.74) is -0.614. The Hall–Kier alpha value is -2.77. The molecule has 156 valence electrons. The molecule has 2 amide bonds. The molecule has 2 N–H and O–H groups in total. The molecule has 28 heavy (non-hydrogen) atoms. The van der Waals surface area contributed by atoms with Crippen LogP contribution in [0.1, 0.15) is 53.5 Å². The smallest absolute Gasteiger partial charge is 0.409 e. The van der Waals surface area contributed by atoms with Gasteiger partial charge in [0.05, 0.1) is 6.42 Å². The normalized spacial score (nSPS) is 12.5. The van der Waals surface area contributed by atoms with Crippen LogP contribution in [-0.4, -0.2) is 35.5 Å². The maximum atomic E-state index is 12.1. The summed E-state index contributed by atoms with van der Waals surface area (Å²) in [7, 11) is 0. The van der Waals surface area contributed by atoms with Crippen molar-refractivity contribution in [3.05, 3.63) is 35.9 Å². The third kappa shape index (κ3) is 11.1. The van der Waals surface area contributed by atoms with E-state index in [1.54, 1.807) is 41.5 Å². The van der Waals surface area contributed by atoms with E-state index in [4.69, 9.17) is 14.2 Å². The SMILES string of the molecule is CC(C)(C)OC(=O)CC(NC(=O)OCc1ccccc1)NC(=O)OC(C)(C)C. The van der Waals surface area contributed by atoms with Gasteiger partial charge < -0.3 is 24.8 Å². The standard InChI is InChI=1S/C20H30N2O6/c1-19(2,3)27-16(23)12-15(22-18(25)28-20(4,5)6)21-17(24)26-13-14-10-8-7-9-11-14/h7-11,15H,12-13H2,1-6H3,(H,21,24)(H,22,25). The lowest BCUT2D eigenvalue weighted by Crippen LogP contribution is -2.50. The lowest BCUT2D eigenvalue weighted by Gasteiger charge is -2.25. The Labute approximate surface area is 165 Å². The predicted molar refractivity (Wildman–Crippen MR) is 103 cm³/mol. The third-order valence-corrected chi connectivity index (χ3v) is 2.99. The van der Waals surface area contributed by atoms with Crippen LogP contribution in [-0.2, 0) is 25.6 Å². The van der Waals surface area contributed by atoms with Crippen molar-refractivity contribution in [3.8, 4) is 0 Å². The Morgan fingerprint density at radius 1 is 0.857 bits per heavy atom. The van der Waals surface area contributed by atoms with E-state index in [1.807, 2.05) is 30.3 Å². The van der Waals surface area contributed by atoms with E-state index in [0.29, 0.717) is 0 Å². The molecule has 0 bridgehead atoms. The van der Waals surface area contributed by atoms with E-state index in [-0.39, 0.29) is 13.0 Å². The average molecular weight is 394 g/mol. The van der Waals surface area contributed by atoms with Crippen molar-refractivity contribution in [1.29, 1.82) is 0 Å². The molecule has 0 heterocycles. The van der Waals surface area contributed by atoms with E-state index >= 15 is 0 Å². The first-order valence-electron chi connectivity index (χ1n) is 9.03. The maximum Gasteiger partial charge on any atom is 0.409 e. The lowest BCUT2D eigenvalue weighted by molar-refractivity contribution is -0.155. The summed E-state index contributed by atoms with van der Waals surface area (Å²) in [4.78, 5) is 36.2. The van der Waals surface area contributed by atoms with Crippen molar-refractivity contribution < 1.29 is 28.6 Å². The zero-order chi connectivity index (χ0) is 21.4. The average Bonchev–Trinajstić information content (AvgIpc) is 2.50. The molecule has 0 aliphatic carbocycles. The van der Waals surface area contributed by atoms with E-state index in [0.717, 1.165) is 5.56 Å². The Morgan fingerprint density at radius 2 is 1.39 bits per heavy atom. The first-order valence-corrected chi connectivity index (χ1v) is 9.03. The van der Waals surface area contributed by atoms with Gasteiger partial charge in [0.1, 0.15) is 24.0 Å². The fourth-order valence-corrected chi connectivity index (χ4v) is 2.04. The van der Waals surface area contributed by atoms with Gasteiger partial charge in [0, 0.05) is 0 Å². The molecular formula is C20H30N2O6. The van der Waals surface area contributed by atoms with Crippen LogP contribution >= 0.6 is 0 Å². The number of alkyl carbamates (subject to hydrolysis) is 2. The summed E-state index contributed by atoms with van der Waals surface area (Å²) in [6.07, 6.45) is -2.89. The summed E-state index contributed by atoms with van der Waals surface area (Å²) in [5, 5.41) is 4.89. The first-order chi connectivity index (χ1) is 12.8. The number of ether oxygens (including phenoxy) is 3. The molecule has 0 spiro atoms. The minimum absolute atomic E-state index is 0.0538. The second kappa shape index (κ2) is 9.96.